The van der Waals surface area contributed by atoms with Gasteiger partial charge < -0.3 is 19.5 Å². The number of allylic oxidation sites excluding steroid dienone is 1. The van der Waals surface area contributed by atoms with Gasteiger partial charge in [0.25, 0.3) is 0 Å². The van der Waals surface area contributed by atoms with Crippen LogP contribution in [0.2, 0.25) is 5.02 Å². The van der Waals surface area contributed by atoms with Crippen molar-refractivity contribution in [2.75, 3.05) is 24.8 Å². The fraction of sp³-hybridized carbons (Fsp3) is 0.321. The largest absolute Gasteiger partial charge is 0.493 e. The monoisotopic (exact) mass is 554 g/mol. The van der Waals surface area contributed by atoms with Crippen molar-refractivity contribution in [1.82, 2.24) is 14.8 Å². The quantitative estimate of drug-likeness (QED) is 0.119. The Labute approximate surface area is 232 Å². The number of carbonyl (C=O) groups excluding carboxylic acids is 1. The highest BCUT2D eigenvalue weighted by Gasteiger charge is 2.35. The van der Waals surface area contributed by atoms with Crippen LogP contribution in [0.4, 0.5) is 5.95 Å². The Kier molecular flexibility index (Phi) is 9.36. The first-order valence-electron chi connectivity index (χ1n) is 12.4. The lowest BCUT2D eigenvalue weighted by atomic mass is 9.95. The molecule has 4 rings (SSSR count). The summed E-state index contributed by atoms with van der Waals surface area (Å²) < 4.78 is 18.9. The number of anilines is 1. The Morgan fingerprint density at radius 2 is 2.03 bits per heavy atom. The van der Waals surface area contributed by atoms with E-state index in [1.54, 1.807) is 23.6 Å². The number of benzene rings is 2. The fourth-order valence-electron chi connectivity index (χ4n) is 4.00. The number of hydrogen-bond donors (Lipinski definition) is 1. The van der Waals surface area contributed by atoms with E-state index in [0.29, 0.717) is 45.5 Å². The summed E-state index contributed by atoms with van der Waals surface area (Å²) in [4.78, 5) is 17.9. The number of nitrogens with zero attached hydrogens (tertiary/aromatic N) is 3. The van der Waals surface area contributed by atoms with Crippen LogP contribution in [0, 0.1) is 0 Å². The summed E-state index contributed by atoms with van der Waals surface area (Å²) in [7, 11) is 1.58. The molecule has 3 aromatic rings. The second kappa shape index (κ2) is 12.9. The molecule has 1 atom stereocenters. The van der Waals surface area contributed by atoms with Crippen molar-refractivity contribution in [3.8, 4) is 11.5 Å². The molecule has 1 unspecified atom stereocenters. The molecule has 0 radical (unpaired) electrons. The molecule has 38 heavy (non-hydrogen) atoms. The fourth-order valence-corrected chi connectivity index (χ4v) is 5.04. The third-order valence-corrected chi connectivity index (χ3v) is 7.10. The van der Waals surface area contributed by atoms with Crippen LogP contribution in [0.15, 0.2) is 71.5 Å². The molecule has 8 nitrogen and oxygen atoms in total. The average molecular weight is 555 g/mol. The summed E-state index contributed by atoms with van der Waals surface area (Å²) in [5.74, 6) is 2.13. The molecular weight excluding hydrogens is 524 g/mol. The summed E-state index contributed by atoms with van der Waals surface area (Å²) in [5.41, 5.74) is 2.84. The van der Waals surface area contributed by atoms with Crippen molar-refractivity contribution in [3.63, 3.8) is 0 Å². The Morgan fingerprint density at radius 3 is 2.74 bits per heavy atom. The second-order valence-corrected chi connectivity index (χ2v) is 10.1. The number of rotatable bonds is 12. The predicted molar refractivity (Wildman–Crippen MR) is 150 cm³/mol. The van der Waals surface area contributed by atoms with Crippen molar-refractivity contribution >= 4 is 35.3 Å². The van der Waals surface area contributed by atoms with Crippen LogP contribution < -0.4 is 14.8 Å². The highest BCUT2D eigenvalue weighted by Crippen LogP contribution is 2.40. The van der Waals surface area contributed by atoms with Crippen LogP contribution in [-0.2, 0) is 16.1 Å². The minimum Gasteiger partial charge on any atom is -0.493 e. The maximum atomic E-state index is 13.2. The Bertz CT molecular complexity index is 1320. The van der Waals surface area contributed by atoms with Crippen LogP contribution in [0.1, 0.15) is 43.9 Å². The number of methoxy groups -OCH3 is 1. The topological polar surface area (TPSA) is 87.5 Å². The number of nitrogens with one attached hydrogen (secondary N) is 1. The zero-order valence-corrected chi connectivity index (χ0v) is 23.3. The van der Waals surface area contributed by atoms with E-state index >= 15 is 0 Å². The van der Waals surface area contributed by atoms with Gasteiger partial charge in [0.15, 0.2) is 11.5 Å². The van der Waals surface area contributed by atoms with E-state index < -0.39 is 12.0 Å². The summed E-state index contributed by atoms with van der Waals surface area (Å²) in [6.07, 6.45) is 3.70. The van der Waals surface area contributed by atoms with Crippen LogP contribution in [-0.4, -0.2) is 40.2 Å². The molecule has 0 spiro atoms. The summed E-state index contributed by atoms with van der Waals surface area (Å²) in [5, 5.41) is 9.29. The molecule has 0 saturated carbocycles. The number of unbranched alkanes of at least 4 members (excludes halogenated alkanes) is 1. The van der Waals surface area contributed by atoms with Gasteiger partial charge in [0.2, 0.25) is 11.1 Å². The van der Waals surface area contributed by atoms with Gasteiger partial charge in [-0.2, -0.15) is 4.98 Å². The molecule has 2 heterocycles. The Balaban J connectivity index is 1.68. The lowest BCUT2D eigenvalue weighted by Gasteiger charge is -2.28. The minimum absolute atomic E-state index is 0.103. The van der Waals surface area contributed by atoms with Gasteiger partial charge in [0, 0.05) is 16.5 Å². The van der Waals surface area contributed by atoms with Gasteiger partial charge in [-0.1, -0.05) is 67.6 Å². The molecule has 0 aliphatic carbocycles. The first-order valence-corrected chi connectivity index (χ1v) is 13.7. The number of esters is 1. The van der Waals surface area contributed by atoms with Gasteiger partial charge in [0.1, 0.15) is 19.3 Å². The molecule has 200 valence electrons. The van der Waals surface area contributed by atoms with Gasteiger partial charge >= 0.3 is 5.97 Å². The summed E-state index contributed by atoms with van der Waals surface area (Å²) in [6.45, 7) is 8.08. The standard InChI is InChI=1S/C28H31ClN4O4S/c1-5-7-15-38-28-31-27-30-18(3)24(26(34)36-14-6-2)25(33(27)32-28)20-10-13-22(23(16-20)35-4)37-17-19-8-11-21(29)12-9-19/h6,8-13,16,25H,2,5,7,14-15,17H2,1,3-4H3,(H,30,31,32). The first-order chi connectivity index (χ1) is 18.4. The van der Waals surface area contributed by atoms with E-state index in [2.05, 4.69) is 23.8 Å². The molecule has 0 fully saturated rings. The molecule has 1 aromatic heterocycles. The molecule has 1 aliphatic rings. The molecule has 0 amide bonds. The highest BCUT2D eigenvalue weighted by atomic mass is 35.5. The molecule has 10 heteroatoms. The average Bonchev–Trinajstić information content (AvgIpc) is 3.32. The molecule has 0 bridgehead atoms. The van der Waals surface area contributed by atoms with Crippen LogP contribution in [0.25, 0.3) is 0 Å². The van der Waals surface area contributed by atoms with Crippen LogP contribution in [0.3, 0.4) is 0 Å². The van der Waals surface area contributed by atoms with Gasteiger partial charge in [0.05, 0.1) is 12.7 Å². The number of hydrogen-bond acceptors (Lipinski definition) is 8. The third kappa shape index (κ3) is 6.34. The number of carbonyl (C=O) groups is 1. The van der Waals surface area contributed by atoms with Crippen molar-refractivity contribution in [2.24, 2.45) is 0 Å². The van der Waals surface area contributed by atoms with Crippen LogP contribution in [0.5, 0.6) is 11.5 Å². The van der Waals surface area contributed by atoms with E-state index in [-0.39, 0.29) is 6.61 Å². The van der Waals surface area contributed by atoms with Crippen molar-refractivity contribution in [3.05, 3.63) is 82.5 Å². The Hall–Kier alpha value is -3.43. The second-order valence-electron chi connectivity index (χ2n) is 8.64. The lowest BCUT2D eigenvalue weighted by Crippen LogP contribution is -2.29. The predicted octanol–water partition coefficient (Wildman–Crippen LogP) is 6.43. The molecule has 1 N–H and O–H groups in total. The molecule has 1 aliphatic heterocycles. The van der Waals surface area contributed by atoms with E-state index in [1.165, 1.54) is 6.08 Å². The molecule has 2 aromatic carbocycles. The number of halogens is 1. The smallest absolute Gasteiger partial charge is 0.338 e. The molecular formula is C28H31ClN4O4S. The van der Waals surface area contributed by atoms with Gasteiger partial charge in [-0.25, -0.2) is 9.48 Å². The van der Waals surface area contributed by atoms with Crippen molar-refractivity contribution in [1.29, 1.82) is 0 Å². The number of ether oxygens (including phenoxy) is 3. The van der Waals surface area contributed by atoms with Crippen molar-refractivity contribution < 1.29 is 19.0 Å². The first kappa shape index (κ1) is 27.6. The maximum absolute atomic E-state index is 13.2. The van der Waals surface area contributed by atoms with Crippen LogP contribution >= 0.6 is 23.4 Å². The van der Waals surface area contributed by atoms with E-state index in [1.807, 2.05) is 49.4 Å². The lowest BCUT2D eigenvalue weighted by molar-refractivity contribution is -0.138. The number of fused-ring (bicyclic) bond motifs is 1. The van der Waals surface area contributed by atoms with E-state index in [4.69, 9.17) is 30.9 Å². The number of aromatic nitrogens is 3. The highest BCUT2D eigenvalue weighted by molar-refractivity contribution is 7.99. The Morgan fingerprint density at radius 1 is 1.24 bits per heavy atom. The summed E-state index contributed by atoms with van der Waals surface area (Å²) in [6, 6.07) is 12.5. The van der Waals surface area contributed by atoms with Crippen molar-refractivity contribution in [2.45, 2.75) is 44.5 Å². The summed E-state index contributed by atoms with van der Waals surface area (Å²) >= 11 is 7.58. The maximum Gasteiger partial charge on any atom is 0.338 e. The van der Waals surface area contributed by atoms with E-state index in [0.717, 1.165) is 29.7 Å². The SMILES string of the molecule is C=CCOC(=O)C1=C(C)Nc2nc(SCCCC)nn2C1c1ccc(OCc2ccc(Cl)cc2)c(OC)c1. The minimum atomic E-state index is -0.573. The number of thioether (sulfide) groups is 1. The van der Waals surface area contributed by atoms with E-state index in [9.17, 15) is 4.79 Å². The third-order valence-electron chi connectivity index (χ3n) is 5.93. The molecule has 0 saturated heterocycles. The zero-order chi connectivity index (χ0) is 27.1. The normalized spacial score (nSPS) is 14.5. The zero-order valence-electron chi connectivity index (χ0n) is 21.7. The van der Waals surface area contributed by atoms with Gasteiger partial charge in [-0.05, 0) is 48.7 Å². The van der Waals surface area contributed by atoms with Gasteiger partial charge in [-0.3, -0.25) is 0 Å². The van der Waals surface area contributed by atoms with Gasteiger partial charge in [-0.15, -0.1) is 5.10 Å².